The molecule has 0 fully saturated rings. The number of carbonyl (C=O) groups is 10. The van der Waals surface area contributed by atoms with Gasteiger partial charge in [0.05, 0.1) is 38.4 Å². The highest BCUT2D eigenvalue weighted by molar-refractivity contribution is 5.92. The second-order valence-electron chi connectivity index (χ2n) is 21.6. The molecule has 1 rings (SSSR count). The van der Waals surface area contributed by atoms with Crippen molar-refractivity contribution in [2.75, 3.05) is 20.3 Å². The Morgan fingerprint density at radius 2 is 1.03 bits per heavy atom. The van der Waals surface area contributed by atoms with Gasteiger partial charge in [0.15, 0.2) is 0 Å². The fourth-order valence-electron chi connectivity index (χ4n) is 7.83. The van der Waals surface area contributed by atoms with Crippen molar-refractivity contribution in [3.8, 4) is 0 Å². The van der Waals surface area contributed by atoms with E-state index in [1.807, 2.05) is 0 Å². The van der Waals surface area contributed by atoms with Crippen LogP contribution in [0, 0.1) is 5.92 Å². The Hall–Kier alpha value is -5.20. The molecule has 3 N–H and O–H groups in total. The number of nitrogens with zero attached hydrogens (tertiary/aromatic N) is 3. The van der Waals surface area contributed by atoms with Crippen molar-refractivity contribution in [1.82, 2.24) is 30.9 Å². The fourth-order valence-corrected chi connectivity index (χ4v) is 7.83. The maximum Gasteiger partial charge on any atom is 0.329 e. The average Bonchev–Trinajstić information content (AvgIpc) is 3.80. The molecule has 0 saturated carbocycles. The minimum absolute atomic E-state index is 0.000832. The summed E-state index contributed by atoms with van der Waals surface area (Å²) in [4.78, 5) is 126. The molecular formula is C56H94N6O13. The van der Waals surface area contributed by atoms with Crippen LogP contribution in [0.15, 0.2) is 6.20 Å². The van der Waals surface area contributed by atoms with E-state index >= 15 is 0 Å². The van der Waals surface area contributed by atoms with Crippen molar-refractivity contribution >= 4 is 58.6 Å². The lowest BCUT2D eigenvalue weighted by molar-refractivity contribution is -0.162. The Labute approximate surface area is 447 Å². The van der Waals surface area contributed by atoms with Crippen LogP contribution >= 0.6 is 0 Å². The third kappa shape index (κ3) is 38.1. The zero-order valence-electron chi connectivity index (χ0n) is 47.0. The van der Waals surface area contributed by atoms with E-state index in [1.165, 1.54) is 69.5 Å². The van der Waals surface area contributed by atoms with E-state index in [4.69, 9.17) is 14.2 Å². The number of Topliss-reactive ketones (excluding diaryl/α,β-unsaturated/α-hetero) is 5. The van der Waals surface area contributed by atoms with Crippen molar-refractivity contribution < 1.29 is 62.2 Å². The van der Waals surface area contributed by atoms with Crippen LogP contribution in [0.3, 0.4) is 0 Å². The summed E-state index contributed by atoms with van der Waals surface area (Å²) in [6.45, 7) is 13.3. The molecule has 0 saturated heterocycles. The van der Waals surface area contributed by atoms with Crippen LogP contribution in [0.5, 0.6) is 0 Å². The van der Waals surface area contributed by atoms with Gasteiger partial charge in [-0.25, -0.2) is 9.48 Å². The molecule has 19 heteroatoms. The van der Waals surface area contributed by atoms with E-state index in [0.717, 1.165) is 19.3 Å². The van der Waals surface area contributed by atoms with Gasteiger partial charge in [-0.3, -0.25) is 43.2 Å². The number of nitrogens with one attached hydrogen (secondary N) is 3. The van der Waals surface area contributed by atoms with Gasteiger partial charge in [0.1, 0.15) is 51.9 Å². The van der Waals surface area contributed by atoms with Crippen LogP contribution in [0.2, 0.25) is 0 Å². The number of hydrogen-bond donors (Lipinski definition) is 3. The second-order valence-corrected chi connectivity index (χ2v) is 21.6. The number of aromatic nitrogens is 3. The summed E-state index contributed by atoms with van der Waals surface area (Å²) in [7, 11) is 1.48. The summed E-state index contributed by atoms with van der Waals surface area (Å²) in [5.41, 5.74) is -1.19. The van der Waals surface area contributed by atoms with Crippen molar-refractivity contribution in [3.05, 3.63) is 11.9 Å². The quantitative estimate of drug-likeness (QED) is 0.0410. The molecule has 19 nitrogen and oxygen atoms in total. The largest absolute Gasteiger partial charge is 0.460 e. The summed E-state index contributed by atoms with van der Waals surface area (Å²) in [5, 5.41) is 16.1. The SMILES string of the molecule is CCCCCCCCCCCCCCCC(=O)N[C@@H](CCC(=O)C[C@@H](CCC(=O)NCc1cn(CCOCCC(=O)CCC(=O)CCC(=O)CCC(=O)CCC(=O)NC)nn1)C(=O)OC(C)(C)C)C(=O)OC(C)(C)C. The third-order valence-corrected chi connectivity index (χ3v) is 12.2. The summed E-state index contributed by atoms with van der Waals surface area (Å²) in [6, 6.07) is -1.05. The number of unbranched alkanes of at least 4 members (excludes halogenated alkanes) is 12. The molecule has 2 atom stereocenters. The number of amides is 3. The van der Waals surface area contributed by atoms with Crippen LogP contribution in [0.25, 0.3) is 0 Å². The zero-order valence-corrected chi connectivity index (χ0v) is 47.0. The minimum Gasteiger partial charge on any atom is -0.460 e. The van der Waals surface area contributed by atoms with E-state index in [-0.39, 0.29) is 163 Å². The summed E-state index contributed by atoms with van der Waals surface area (Å²) in [5.74, 6) is -4.20. The summed E-state index contributed by atoms with van der Waals surface area (Å²) < 4.78 is 18.3. The van der Waals surface area contributed by atoms with Crippen molar-refractivity contribution in [2.24, 2.45) is 5.92 Å². The second kappa shape index (κ2) is 39.2. The first-order valence-electron chi connectivity index (χ1n) is 27.8. The molecule has 0 aromatic carbocycles. The summed E-state index contributed by atoms with van der Waals surface area (Å²) >= 11 is 0. The molecular weight excluding hydrogens is 965 g/mol. The standard InChI is InChI=1S/C56H94N6O13/c1-9-10-11-12-13-14-15-16-17-18-19-20-21-22-52(70)59-49(54(72)75-56(5,6)7)32-30-48(67)39-42(53(71)74-55(2,3)4)23-33-51(69)58-40-43-41-62(61-60-43)36-38-73-37-35-47(66)29-28-45(64)25-24-44(63)26-27-46(65)31-34-50(68)57-8/h41-42,49H,9-40H2,1-8H3,(H,57,68)(H,58,69)(H,59,70)/t42-,49+/m1/s1. The van der Waals surface area contributed by atoms with Crippen LogP contribution in [-0.4, -0.2) is 111 Å². The smallest absolute Gasteiger partial charge is 0.329 e. The lowest BCUT2D eigenvalue weighted by Crippen LogP contribution is -2.44. The van der Waals surface area contributed by atoms with E-state index in [9.17, 15) is 47.9 Å². The van der Waals surface area contributed by atoms with Gasteiger partial charge in [-0.15, -0.1) is 5.10 Å². The number of hydrogen-bond acceptors (Lipinski definition) is 15. The molecule has 0 aliphatic rings. The highest BCUT2D eigenvalue weighted by Crippen LogP contribution is 2.21. The zero-order chi connectivity index (χ0) is 56.1. The Morgan fingerprint density at radius 1 is 0.533 bits per heavy atom. The highest BCUT2D eigenvalue weighted by atomic mass is 16.6. The van der Waals surface area contributed by atoms with E-state index < -0.39 is 35.1 Å². The minimum atomic E-state index is -1.05. The van der Waals surface area contributed by atoms with Gasteiger partial charge in [0, 0.05) is 90.5 Å². The lowest BCUT2D eigenvalue weighted by Gasteiger charge is -2.25. The Bertz CT molecular complexity index is 1920. The molecule has 1 aromatic heterocycles. The van der Waals surface area contributed by atoms with Crippen LogP contribution < -0.4 is 16.0 Å². The van der Waals surface area contributed by atoms with E-state index in [0.29, 0.717) is 18.7 Å². The Kier molecular flexibility index (Phi) is 35.5. The number of esters is 2. The van der Waals surface area contributed by atoms with Gasteiger partial charge >= 0.3 is 11.9 Å². The van der Waals surface area contributed by atoms with E-state index in [2.05, 4.69) is 33.2 Å². The number of carbonyl (C=O) groups excluding carboxylic acids is 10. The van der Waals surface area contributed by atoms with Crippen molar-refractivity contribution in [2.45, 2.75) is 259 Å². The predicted molar refractivity (Wildman–Crippen MR) is 284 cm³/mol. The van der Waals surface area contributed by atoms with Gasteiger partial charge < -0.3 is 30.2 Å². The van der Waals surface area contributed by atoms with Gasteiger partial charge in [0.2, 0.25) is 17.7 Å². The highest BCUT2D eigenvalue weighted by Gasteiger charge is 2.31. The number of ether oxygens (including phenoxy) is 3. The van der Waals surface area contributed by atoms with Gasteiger partial charge in [-0.2, -0.15) is 0 Å². The molecule has 3 amide bonds. The average molecular weight is 1060 g/mol. The molecule has 0 radical (unpaired) electrons. The maximum absolute atomic E-state index is 13.4. The molecule has 0 bridgehead atoms. The first kappa shape index (κ1) is 67.8. The molecule has 0 aliphatic carbocycles. The van der Waals surface area contributed by atoms with Gasteiger partial charge in [-0.05, 0) is 60.8 Å². The van der Waals surface area contributed by atoms with Gasteiger partial charge in [0.25, 0.3) is 0 Å². The van der Waals surface area contributed by atoms with Crippen molar-refractivity contribution in [1.29, 1.82) is 0 Å². The normalized spacial score (nSPS) is 12.3. The fraction of sp³-hybridized carbons (Fsp3) is 0.786. The summed E-state index contributed by atoms with van der Waals surface area (Å²) in [6.07, 6.45) is 17.2. The third-order valence-electron chi connectivity index (χ3n) is 12.2. The topological polar surface area (TPSA) is 265 Å². The Morgan fingerprint density at radius 3 is 1.55 bits per heavy atom. The maximum atomic E-state index is 13.4. The van der Waals surface area contributed by atoms with Crippen LogP contribution in [0.4, 0.5) is 0 Å². The molecule has 1 heterocycles. The lowest BCUT2D eigenvalue weighted by atomic mass is 9.94. The monoisotopic (exact) mass is 1060 g/mol. The number of rotatable bonds is 45. The molecule has 0 unspecified atom stereocenters. The first-order chi connectivity index (χ1) is 35.5. The number of ketones is 5. The van der Waals surface area contributed by atoms with Gasteiger partial charge in [-0.1, -0.05) is 89.2 Å². The molecule has 0 aliphatic heterocycles. The predicted octanol–water partition coefficient (Wildman–Crippen LogP) is 8.23. The molecule has 426 valence electrons. The molecule has 1 aromatic rings. The van der Waals surface area contributed by atoms with Crippen molar-refractivity contribution in [3.63, 3.8) is 0 Å². The molecule has 75 heavy (non-hydrogen) atoms. The van der Waals surface area contributed by atoms with E-state index in [1.54, 1.807) is 47.7 Å². The molecule has 0 spiro atoms. The van der Waals surface area contributed by atoms with Crippen LogP contribution in [0.1, 0.15) is 234 Å². The first-order valence-corrected chi connectivity index (χ1v) is 27.8. The van der Waals surface area contributed by atoms with Crippen LogP contribution in [-0.2, 0) is 75.2 Å². The Balaban J connectivity index is 2.52.